The quantitative estimate of drug-likeness (QED) is 0.749. The maximum Gasteiger partial charge on any atom is 0.0632 e. The van der Waals surface area contributed by atoms with Gasteiger partial charge in [0.15, 0.2) is 0 Å². The van der Waals surface area contributed by atoms with Crippen LogP contribution in [0.25, 0.3) is 0 Å². The molecule has 17 heavy (non-hydrogen) atoms. The monoisotopic (exact) mass is 234 g/mol. The van der Waals surface area contributed by atoms with Gasteiger partial charge in [-0.2, -0.15) is 0 Å². The van der Waals surface area contributed by atoms with E-state index in [0.29, 0.717) is 6.04 Å². The highest BCUT2D eigenvalue weighted by molar-refractivity contribution is 5.22. The number of morpholine rings is 1. The first-order valence-corrected chi connectivity index (χ1v) is 6.42. The van der Waals surface area contributed by atoms with Crippen LogP contribution in [0.4, 0.5) is 0 Å². The Kier molecular flexibility index (Phi) is 4.98. The summed E-state index contributed by atoms with van der Waals surface area (Å²) in [5.74, 6) is 0. The molecule has 1 aromatic carbocycles. The average Bonchev–Trinajstić information content (AvgIpc) is 2.36. The van der Waals surface area contributed by atoms with Crippen LogP contribution in [0.3, 0.4) is 0 Å². The first-order chi connectivity index (χ1) is 8.34. The van der Waals surface area contributed by atoms with Crippen molar-refractivity contribution < 1.29 is 4.74 Å². The van der Waals surface area contributed by atoms with E-state index in [0.717, 1.165) is 39.3 Å². The summed E-state index contributed by atoms with van der Waals surface area (Å²) in [5, 5.41) is 6.92. The van der Waals surface area contributed by atoms with Crippen LogP contribution in [-0.4, -0.2) is 38.9 Å². The third-order valence-corrected chi connectivity index (χ3v) is 3.06. The van der Waals surface area contributed by atoms with Gasteiger partial charge in [0.1, 0.15) is 0 Å². The van der Waals surface area contributed by atoms with Gasteiger partial charge in [-0.15, -0.1) is 0 Å². The van der Waals surface area contributed by atoms with Crippen molar-refractivity contribution in [3.63, 3.8) is 0 Å². The molecule has 1 aliphatic heterocycles. The summed E-state index contributed by atoms with van der Waals surface area (Å²) in [4.78, 5) is 0. The molecule has 2 rings (SSSR count). The summed E-state index contributed by atoms with van der Waals surface area (Å²) in [6.45, 7) is 6.81. The number of hydrogen-bond donors (Lipinski definition) is 2. The second-order valence-corrected chi connectivity index (χ2v) is 4.67. The summed E-state index contributed by atoms with van der Waals surface area (Å²) < 4.78 is 5.41. The fourth-order valence-electron chi connectivity index (χ4n) is 2.13. The zero-order valence-electron chi connectivity index (χ0n) is 10.5. The van der Waals surface area contributed by atoms with Gasteiger partial charge >= 0.3 is 0 Å². The molecule has 0 radical (unpaired) electrons. The standard InChI is InChI=1S/C14H22N2O/c1-12-3-2-4-13(9-12)5-6-15-10-14-11-17-8-7-16-14/h2-4,9,14-16H,5-8,10-11H2,1H3. The molecule has 0 saturated carbocycles. The Labute approximate surface area is 104 Å². The minimum Gasteiger partial charge on any atom is -0.378 e. The zero-order chi connectivity index (χ0) is 11.9. The highest BCUT2D eigenvalue weighted by atomic mass is 16.5. The van der Waals surface area contributed by atoms with E-state index in [1.807, 2.05) is 0 Å². The molecule has 1 aromatic rings. The van der Waals surface area contributed by atoms with Gasteiger partial charge in [-0.1, -0.05) is 29.8 Å². The van der Waals surface area contributed by atoms with Crippen molar-refractivity contribution >= 4 is 0 Å². The molecule has 1 fully saturated rings. The SMILES string of the molecule is Cc1cccc(CCNCC2COCCN2)c1. The average molecular weight is 234 g/mol. The molecular weight excluding hydrogens is 212 g/mol. The molecular formula is C14H22N2O. The number of benzene rings is 1. The number of rotatable bonds is 5. The van der Waals surface area contributed by atoms with Gasteiger partial charge < -0.3 is 15.4 Å². The van der Waals surface area contributed by atoms with E-state index in [2.05, 4.69) is 41.8 Å². The molecule has 3 nitrogen and oxygen atoms in total. The Morgan fingerprint density at radius 3 is 3.18 bits per heavy atom. The highest BCUT2D eigenvalue weighted by Crippen LogP contribution is 2.03. The minimum absolute atomic E-state index is 0.473. The van der Waals surface area contributed by atoms with Crippen molar-refractivity contribution in [1.29, 1.82) is 0 Å². The lowest BCUT2D eigenvalue weighted by atomic mass is 10.1. The number of nitrogens with one attached hydrogen (secondary N) is 2. The Bertz CT molecular complexity index is 335. The van der Waals surface area contributed by atoms with Crippen LogP contribution < -0.4 is 10.6 Å². The van der Waals surface area contributed by atoms with Crippen LogP contribution >= 0.6 is 0 Å². The third-order valence-electron chi connectivity index (χ3n) is 3.06. The summed E-state index contributed by atoms with van der Waals surface area (Å²) >= 11 is 0. The molecule has 1 aliphatic rings. The Morgan fingerprint density at radius 2 is 2.41 bits per heavy atom. The van der Waals surface area contributed by atoms with E-state index in [4.69, 9.17) is 4.74 Å². The van der Waals surface area contributed by atoms with Crippen molar-refractivity contribution in [3.8, 4) is 0 Å². The smallest absolute Gasteiger partial charge is 0.0632 e. The fraction of sp³-hybridized carbons (Fsp3) is 0.571. The fourth-order valence-corrected chi connectivity index (χ4v) is 2.13. The Morgan fingerprint density at radius 1 is 1.47 bits per heavy atom. The van der Waals surface area contributed by atoms with E-state index in [1.54, 1.807) is 0 Å². The zero-order valence-corrected chi connectivity index (χ0v) is 10.5. The molecule has 1 atom stereocenters. The maximum atomic E-state index is 5.41. The van der Waals surface area contributed by atoms with E-state index in [1.165, 1.54) is 11.1 Å². The molecule has 1 unspecified atom stereocenters. The van der Waals surface area contributed by atoms with Crippen LogP contribution in [0.5, 0.6) is 0 Å². The second-order valence-electron chi connectivity index (χ2n) is 4.67. The van der Waals surface area contributed by atoms with E-state index in [-0.39, 0.29) is 0 Å². The maximum absolute atomic E-state index is 5.41. The van der Waals surface area contributed by atoms with Gasteiger partial charge in [-0.25, -0.2) is 0 Å². The predicted molar refractivity (Wildman–Crippen MR) is 70.4 cm³/mol. The first-order valence-electron chi connectivity index (χ1n) is 6.42. The molecule has 0 spiro atoms. The second kappa shape index (κ2) is 6.74. The van der Waals surface area contributed by atoms with Gasteiger partial charge in [-0.05, 0) is 25.5 Å². The number of hydrogen-bond acceptors (Lipinski definition) is 3. The molecule has 0 aliphatic carbocycles. The van der Waals surface area contributed by atoms with Crippen LogP contribution in [0, 0.1) is 6.92 Å². The molecule has 94 valence electrons. The third kappa shape index (κ3) is 4.46. The molecule has 1 heterocycles. The summed E-state index contributed by atoms with van der Waals surface area (Å²) in [6, 6.07) is 9.18. The van der Waals surface area contributed by atoms with E-state index < -0.39 is 0 Å². The molecule has 2 N–H and O–H groups in total. The van der Waals surface area contributed by atoms with Gasteiger partial charge in [0.2, 0.25) is 0 Å². The summed E-state index contributed by atoms with van der Waals surface area (Å²) in [7, 11) is 0. The van der Waals surface area contributed by atoms with Crippen LogP contribution in [0.2, 0.25) is 0 Å². The minimum atomic E-state index is 0.473. The van der Waals surface area contributed by atoms with Crippen molar-refractivity contribution in [3.05, 3.63) is 35.4 Å². The topological polar surface area (TPSA) is 33.3 Å². The number of ether oxygens (including phenoxy) is 1. The summed E-state index contributed by atoms with van der Waals surface area (Å²) in [6.07, 6.45) is 1.09. The van der Waals surface area contributed by atoms with Crippen molar-refractivity contribution in [2.24, 2.45) is 0 Å². The lowest BCUT2D eigenvalue weighted by Gasteiger charge is -2.24. The van der Waals surface area contributed by atoms with Crippen molar-refractivity contribution in [2.75, 3.05) is 32.8 Å². The number of aryl methyl sites for hydroxylation is 1. The van der Waals surface area contributed by atoms with Crippen LogP contribution in [0.15, 0.2) is 24.3 Å². The lowest BCUT2D eigenvalue weighted by Crippen LogP contribution is -2.47. The predicted octanol–water partition coefficient (Wildman–Crippen LogP) is 1.12. The Hall–Kier alpha value is -0.900. The van der Waals surface area contributed by atoms with Crippen LogP contribution in [-0.2, 0) is 11.2 Å². The normalized spacial score (nSPS) is 20.4. The van der Waals surface area contributed by atoms with Crippen molar-refractivity contribution in [1.82, 2.24) is 10.6 Å². The molecule has 3 heteroatoms. The first kappa shape index (κ1) is 12.6. The van der Waals surface area contributed by atoms with E-state index in [9.17, 15) is 0 Å². The van der Waals surface area contributed by atoms with Gasteiger partial charge in [0.25, 0.3) is 0 Å². The van der Waals surface area contributed by atoms with E-state index >= 15 is 0 Å². The Balaban J connectivity index is 1.62. The molecule has 0 bridgehead atoms. The van der Waals surface area contributed by atoms with Crippen molar-refractivity contribution in [2.45, 2.75) is 19.4 Å². The molecule has 0 aromatic heterocycles. The molecule has 1 saturated heterocycles. The highest BCUT2D eigenvalue weighted by Gasteiger charge is 2.11. The van der Waals surface area contributed by atoms with Gasteiger partial charge in [0.05, 0.1) is 13.2 Å². The largest absolute Gasteiger partial charge is 0.378 e. The van der Waals surface area contributed by atoms with Crippen LogP contribution in [0.1, 0.15) is 11.1 Å². The molecule has 0 amide bonds. The van der Waals surface area contributed by atoms with Gasteiger partial charge in [-0.3, -0.25) is 0 Å². The summed E-state index contributed by atoms with van der Waals surface area (Å²) in [5.41, 5.74) is 2.75. The lowest BCUT2D eigenvalue weighted by molar-refractivity contribution is 0.0768. The van der Waals surface area contributed by atoms with Gasteiger partial charge in [0, 0.05) is 19.1 Å².